The van der Waals surface area contributed by atoms with E-state index in [-0.39, 0.29) is 0 Å². The number of hydrogen-bond acceptors (Lipinski definition) is 3. The molecule has 16 heavy (non-hydrogen) atoms. The van der Waals surface area contributed by atoms with Gasteiger partial charge < -0.3 is 4.74 Å². The molecule has 1 unspecified atom stereocenters. The number of carbonyl (C=O) groups is 1. The molecule has 92 valence electrons. The molecule has 1 atom stereocenters. The molecule has 1 saturated carbocycles. The molecule has 0 bridgehead atoms. The molecular weight excluding hydrogens is 202 g/mol. The molecule has 0 aromatic carbocycles. The van der Waals surface area contributed by atoms with E-state index >= 15 is 0 Å². The second-order valence-electron chi connectivity index (χ2n) is 4.98. The maximum absolute atomic E-state index is 11.4. The molecule has 2 rings (SSSR count). The Hall–Kier alpha value is -0.410. The largest absolute Gasteiger partial charge is 0.378 e. The molecule has 1 heterocycles. The van der Waals surface area contributed by atoms with Crippen LogP contribution in [0.1, 0.15) is 45.4 Å². The van der Waals surface area contributed by atoms with Crippen LogP contribution in [0.25, 0.3) is 0 Å². The van der Waals surface area contributed by atoms with Gasteiger partial charge in [0.15, 0.2) is 0 Å². The third-order valence-electron chi connectivity index (χ3n) is 3.85. The Morgan fingerprint density at radius 3 is 2.69 bits per heavy atom. The van der Waals surface area contributed by atoms with Gasteiger partial charge in [0.1, 0.15) is 5.78 Å². The van der Waals surface area contributed by atoms with Crippen LogP contribution >= 0.6 is 0 Å². The summed E-state index contributed by atoms with van der Waals surface area (Å²) in [5, 5.41) is 0. The molecule has 2 fully saturated rings. The van der Waals surface area contributed by atoms with E-state index in [1.165, 1.54) is 6.42 Å². The number of hydrogen-bond donors (Lipinski definition) is 0. The van der Waals surface area contributed by atoms with Gasteiger partial charge in [0.05, 0.1) is 6.10 Å². The predicted molar refractivity (Wildman–Crippen MR) is 63.5 cm³/mol. The molecule has 1 saturated heterocycles. The van der Waals surface area contributed by atoms with Gasteiger partial charge in [-0.05, 0) is 32.6 Å². The zero-order chi connectivity index (χ0) is 11.4. The molecule has 0 aromatic rings. The first-order valence-corrected chi connectivity index (χ1v) is 6.67. The van der Waals surface area contributed by atoms with Gasteiger partial charge in [-0.2, -0.15) is 0 Å². The van der Waals surface area contributed by atoms with Crippen LogP contribution in [0.5, 0.6) is 0 Å². The average Bonchev–Trinajstić information content (AvgIpc) is 2.30. The summed E-state index contributed by atoms with van der Waals surface area (Å²) < 4.78 is 5.65. The van der Waals surface area contributed by atoms with Gasteiger partial charge in [-0.15, -0.1) is 0 Å². The number of piperidine rings is 1. The second-order valence-corrected chi connectivity index (χ2v) is 4.98. The minimum absolute atomic E-state index is 0.459. The average molecular weight is 225 g/mol. The Morgan fingerprint density at radius 2 is 2.06 bits per heavy atom. The lowest BCUT2D eigenvalue weighted by atomic mass is 9.91. The normalized spacial score (nSPS) is 29.6. The fourth-order valence-corrected chi connectivity index (χ4v) is 2.96. The van der Waals surface area contributed by atoms with Crippen molar-refractivity contribution in [3.8, 4) is 0 Å². The molecule has 0 amide bonds. The summed E-state index contributed by atoms with van der Waals surface area (Å²) in [6.45, 7) is 5.12. The number of likely N-dealkylation sites (tertiary alicyclic amines) is 1. The summed E-state index contributed by atoms with van der Waals surface area (Å²) >= 11 is 0. The number of Topliss-reactive ketones (excluding diaryl/α,β-unsaturated/α-hetero) is 1. The van der Waals surface area contributed by atoms with E-state index in [0.29, 0.717) is 17.9 Å². The number of ketones is 1. The van der Waals surface area contributed by atoms with Gasteiger partial charge in [0.25, 0.3) is 0 Å². The maximum Gasteiger partial charge on any atom is 0.134 e. The Balaban J connectivity index is 1.77. The summed E-state index contributed by atoms with van der Waals surface area (Å²) in [7, 11) is 0. The summed E-state index contributed by atoms with van der Waals surface area (Å²) in [5.41, 5.74) is 0. The molecule has 3 heteroatoms. The quantitative estimate of drug-likeness (QED) is 0.735. The smallest absolute Gasteiger partial charge is 0.134 e. The molecule has 1 aliphatic heterocycles. The summed E-state index contributed by atoms with van der Waals surface area (Å²) in [4.78, 5) is 13.9. The number of ether oxygens (including phenoxy) is 1. The first kappa shape index (κ1) is 12.1. The van der Waals surface area contributed by atoms with Crippen LogP contribution in [0.2, 0.25) is 0 Å². The van der Waals surface area contributed by atoms with Crippen molar-refractivity contribution in [3.63, 3.8) is 0 Å². The number of nitrogens with zero attached hydrogens (tertiary/aromatic N) is 1. The van der Waals surface area contributed by atoms with E-state index in [1.807, 2.05) is 0 Å². The molecule has 0 aromatic heterocycles. The topological polar surface area (TPSA) is 29.5 Å². The number of rotatable bonds is 3. The van der Waals surface area contributed by atoms with Gasteiger partial charge >= 0.3 is 0 Å². The highest BCUT2D eigenvalue weighted by Gasteiger charge is 2.28. The Bertz CT molecular complexity index is 234. The molecule has 1 aliphatic carbocycles. The van der Waals surface area contributed by atoms with Crippen molar-refractivity contribution < 1.29 is 9.53 Å². The molecule has 3 nitrogen and oxygen atoms in total. The van der Waals surface area contributed by atoms with Crippen LogP contribution in [-0.4, -0.2) is 42.5 Å². The Morgan fingerprint density at radius 1 is 1.31 bits per heavy atom. The van der Waals surface area contributed by atoms with Crippen molar-refractivity contribution in [1.82, 2.24) is 4.90 Å². The predicted octanol–water partition coefficient (Wildman–Crippen LogP) is 2.00. The lowest BCUT2D eigenvalue weighted by Crippen LogP contribution is -2.45. The fraction of sp³-hybridized carbons (Fsp3) is 0.923. The minimum Gasteiger partial charge on any atom is -0.378 e. The third-order valence-corrected chi connectivity index (χ3v) is 3.85. The molecule has 0 spiro atoms. The Labute approximate surface area is 98.1 Å². The van der Waals surface area contributed by atoms with E-state index < -0.39 is 0 Å². The standard InChI is InChI=1S/C13H23NO2/c1-2-16-13-6-8-14(9-7-13)11-4-3-5-12(15)10-11/h11,13H,2-10H2,1H3. The molecule has 0 radical (unpaired) electrons. The van der Waals surface area contributed by atoms with Gasteiger partial charge in [-0.1, -0.05) is 0 Å². The third kappa shape index (κ3) is 3.05. The van der Waals surface area contributed by atoms with Gasteiger partial charge in [0, 0.05) is 38.6 Å². The van der Waals surface area contributed by atoms with Crippen molar-refractivity contribution in [3.05, 3.63) is 0 Å². The van der Waals surface area contributed by atoms with Crippen LogP contribution in [0.15, 0.2) is 0 Å². The van der Waals surface area contributed by atoms with Gasteiger partial charge in [-0.3, -0.25) is 9.69 Å². The monoisotopic (exact) mass is 225 g/mol. The van der Waals surface area contributed by atoms with Crippen molar-refractivity contribution in [2.24, 2.45) is 0 Å². The van der Waals surface area contributed by atoms with Crippen LogP contribution in [0.3, 0.4) is 0 Å². The van der Waals surface area contributed by atoms with E-state index in [2.05, 4.69) is 11.8 Å². The van der Waals surface area contributed by atoms with E-state index in [9.17, 15) is 4.79 Å². The highest BCUT2D eigenvalue weighted by atomic mass is 16.5. The highest BCUT2D eigenvalue weighted by Crippen LogP contribution is 2.24. The van der Waals surface area contributed by atoms with Crippen molar-refractivity contribution in [1.29, 1.82) is 0 Å². The van der Waals surface area contributed by atoms with Crippen LogP contribution in [0, 0.1) is 0 Å². The van der Waals surface area contributed by atoms with E-state index in [0.717, 1.165) is 51.8 Å². The molecule has 2 aliphatic rings. The lowest BCUT2D eigenvalue weighted by Gasteiger charge is -2.38. The Kier molecular flexibility index (Phi) is 4.36. The van der Waals surface area contributed by atoms with Gasteiger partial charge in [0.2, 0.25) is 0 Å². The van der Waals surface area contributed by atoms with Crippen molar-refractivity contribution in [2.75, 3.05) is 19.7 Å². The first-order chi connectivity index (χ1) is 7.79. The molecular formula is C13H23NO2. The summed E-state index contributed by atoms with van der Waals surface area (Å²) in [5.74, 6) is 0.461. The maximum atomic E-state index is 11.4. The zero-order valence-corrected chi connectivity index (χ0v) is 10.3. The van der Waals surface area contributed by atoms with E-state index in [1.54, 1.807) is 0 Å². The van der Waals surface area contributed by atoms with Gasteiger partial charge in [-0.25, -0.2) is 0 Å². The lowest BCUT2D eigenvalue weighted by molar-refractivity contribution is -0.122. The second kappa shape index (κ2) is 5.78. The summed E-state index contributed by atoms with van der Waals surface area (Å²) in [6, 6.07) is 0.531. The van der Waals surface area contributed by atoms with Crippen LogP contribution in [-0.2, 0) is 9.53 Å². The fourth-order valence-electron chi connectivity index (χ4n) is 2.96. The number of carbonyl (C=O) groups excluding carboxylic acids is 1. The van der Waals surface area contributed by atoms with Crippen LogP contribution in [0.4, 0.5) is 0 Å². The van der Waals surface area contributed by atoms with Crippen molar-refractivity contribution >= 4 is 5.78 Å². The highest BCUT2D eigenvalue weighted by molar-refractivity contribution is 5.79. The minimum atomic E-state index is 0.459. The van der Waals surface area contributed by atoms with E-state index in [4.69, 9.17) is 4.74 Å². The zero-order valence-electron chi connectivity index (χ0n) is 10.3. The summed E-state index contributed by atoms with van der Waals surface area (Å²) in [6.07, 6.45) is 6.64. The van der Waals surface area contributed by atoms with Crippen LogP contribution < -0.4 is 0 Å². The SMILES string of the molecule is CCOC1CCN(C2CCCC(=O)C2)CC1. The first-order valence-electron chi connectivity index (χ1n) is 6.67. The molecule has 0 N–H and O–H groups in total. The van der Waals surface area contributed by atoms with Crippen molar-refractivity contribution in [2.45, 2.75) is 57.6 Å².